The predicted octanol–water partition coefficient (Wildman–Crippen LogP) is 1.46. The van der Waals surface area contributed by atoms with Crippen LogP contribution >= 0.6 is 0 Å². The second-order valence-corrected chi connectivity index (χ2v) is 5.53. The van der Waals surface area contributed by atoms with Gasteiger partial charge in [-0.05, 0) is 31.7 Å². The lowest BCUT2D eigenvalue weighted by Gasteiger charge is -2.22. The van der Waals surface area contributed by atoms with Crippen molar-refractivity contribution in [2.45, 2.75) is 44.4 Å². The molecule has 1 saturated heterocycles. The Balaban J connectivity index is 1.79. The number of aliphatic hydroxyl groups excluding tert-OH is 1. The molecule has 2 rings (SSSR count). The van der Waals surface area contributed by atoms with Crippen LogP contribution in [0, 0.1) is 0 Å². The third kappa shape index (κ3) is 5.02. The van der Waals surface area contributed by atoms with Crippen molar-refractivity contribution >= 4 is 6.03 Å². The van der Waals surface area contributed by atoms with E-state index in [1.165, 1.54) is 0 Å². The lowest BCUT2D eigenvalue weighted by molar-refractivity contribution is 0.0856. The third-order valence-electron chi connectivity index (χ3n) is 3.76. The number of amides is 2. The van der Waals surface area contributed by atoms with Crippen LogP contribution in [0.1, 0.15) is 25.3 Å². The number of urea groups is 1. The standard InChI is InChI=1S/C16H24N2O3/c1-12(15-8-5-9-21-15)17-16(20)18-14(11-19)10-13-6-3-2-4-7-13/h2-4,6-7,12,14-15,19H,5,8-11H2,1H3,(H2,17,18,20)/t12-,14-,15+/m0/s1. The van der Waals surface area contributed by atoms with Crippen LogP contribution in [-0.2, 0) is 11.2 Å². The van der Waals surface area contributed by atoms with E-state index >= 15 is 0 Å². The molecule has 0 spiro atoms. The third-order valence-corrected chi connectivity index (χ3v) is 3.76. The molecule has 0 radical (unpaired) electrons. The first kappa shape index (κ1) is 15.8. The van der Waals surface area contributed by atoms with E-state index in [0.717, 1.165) is 25.0 Å². The molecule has 0 bridgehead atoms. The van der Waals surface area contributed by atoms with E-state index in [2.05, 4.69) is 10.6 Å². The van der Waals surface area contributed by atoms with Crippen LogP contribution in [0.4, 0.5) is 4.79 Å². The van der Waals surface area contributed by atoms with Crippen LogP contribution < -0.4 is 10.6 Å². The molecular weight excluding hydrogens is 268 g/mol. The van der Waals surface area contributed by atoms with Gasteiger partial charge in [0.2, 0.25) is 0 Å². The lowest BCUT2D eigenvalue weighted by Crippen LogP contribution is -2.50. The van der Waals surface area contributed by atoms with Crippen molar-refractivity contribution in [1.29, 1.82) is 0 Å². The summed E-state index contributed by atoms with van der Waals surface area (Å²) in [5, 5.41) is 15.1. The molecule has 1 aromatic rings. The summed E-state index contributed by atoms with van der Waals surface area (Å²) < 4.78 is 5.55. The zero-order chi connectivity index (χ0) is 15.1. The molecule has 2 amide bonds. The first-order valence-electron chi connectivity index (χ1n) is 7.52. The Hall–Kier alpha value is -1.59. The fraction of sp³-hybridized carbons (Fsp3) is 0.562. The number of aliphatic hydroxyl groups is 1. The van der Waals surface area contributed by atoms with Gasteiger partial charge in [-0.1, -0.05) is 30.3 Å². The first-order valence-corrected chi connectivity index (χ1v) is 7.52. The van der Waals surface area contributed by atoms with E-state index in [1.54, 1.807) is 0 Å². The molecule has 1 heterocycles. The molecule has 3 atom stereocenters. The van der Waals surface area contributed by atoms with Gasteiger partial charge in [-0.2, -0.15) is 0 Å². The van der Waals surface area contributed by atoms with E-state index < -0.39 is 0 Å². The smallest absolute Gasteiger partial charge is 0.315 e. The molecule has 1 aliphatic rings. The molecule has 0 aliphatic carbocycles. The predicted molar refractivity (Wildman–Crippen MR) is 81.1 cm³/mol. The SMILES string of the molecule is C[C@H](NC(=O)N[C@H](CO)Cc1ccccc1)[C@H]1CCCO1. The summed E-state index contributed by atoms with van der Waals surface area (Å²) in [7, 11) is 0. The number of hydrogen-bond acceptors (Lipinski definition) is 3. The molecule has 1 aromatic carbocycles. The van der Waals surface area contributed by atoms with Crippen molar-refractivity contribution in [2.75, 3.05) is 13.2 Å². The average Bonchev–Trinajstić information content (AvgIpc) is 3.02. The van der Waals surface area contributed by atoms with Crippen molar-refractivity contribution in [1.82, 2.24) is 10.6 Å². The molecule has 116 valence electrons. The molecule has 5 nitrogen and oxygen atoms in total. The minimum Gasteiger partial charge on any atom is -0.394 e. The second kappa shape index (κ2) is 8.00. The Labute approximate surface area is 125 Å². The Morgan fingerprint density at radius 1 is 1.38 bits per heavy atom. The molecule has 0 aromatic heterocycles. The van der Waals surface area contributed by atoms with Gasteiger partial charge in [-0.3, -0.25) is 0 Å². The van der Waals surface area contributed by atoms with Crippen LogP contribution in [-0.4, -0.2) is 42.5 Å². The van der Waals surface area contributed by atoms with Gasteiger partial charge in [0.05, 0.1) is 24.8 Å². The topological polar surface area (TPSA) is 70.6 Å². The molecule has 1 aliphatic heterocycles. The molecule has 21 heavy (non-hydrogen) atoms. The summed E-state index contributed by atoms with van der Waals surface area (Å²) in [5.41, 5.74) is 1.09. The monoisotopic (exact) mass is 292 g/mol. The van der Waals surface area contributed by atoms with Gasteiger partial charge in [0.25, 0.3) is 0 Å². The summed E-state index contributed by atoms with van der Waals surface area (Å²) in [5.74, 6) is 0. The summed E-state index contributed by atoms with van der Waals surface area (Å²) in [4.78, 5) is 12.0. The van der Waals surface area contributed by atoms with Crippen LogP contribution in [0.25, 0.3) is 0 Å². The molecule has 0 saturated carbocycles. The Morgan fingerprint density at radius 3 is 2.76 bits per heavy atom. The number of carbonyl (C=O) groups is 1. The van der Waals surface area contributed by atoms with Gasteiger partial charge >= 0.3 is 6.03 Å². The van der Waals surface area contributed by atoms with Crippen molar-refractivity contribution < 1.29 is 14.6 Å². The molecule has 0 unspecified atom stereocenters. The molecule has 5 heteroatoms. The van der Waals surface area contributed by atoms with E-state index in [-0.39, 0.29) is 30.8 Å². The normalized spacial score (nSPS) is 20.8. The number of rotatable bonds is 6. The minimum absolute atomic E-state index is 0.0245. The van der Waals surface area contributed by atoms with Crippen molar-refractivity contribution in [3.05, 3.63) is 35.9 Å². The van der Waals surface area contributed by atoms with E-state index in [1.807, 2.05) is 37.3 Å². The first-order chi connectivity index (χ1) is 10.2. The van der Waals surface area contributed by atoms with Crippen molar-refractivity contribution in [2.24, 2.45) is 0 Å². The van der Waals surface area contributed by atoms with Gasteiger partial charge in [0.1, 0.15) is 0 Å². The summed E-state index contributed by atoms with van der Waals surface area (Å²) >= 11 is 0. The quantitative estimate of drug-likeness (QED) is 0.743. The maximum Gasteiger partial charge on any atom is 0.315 e. The highest BCUT2D eigenvalue weighted by Crippen LogP contribution is 2.15. The van der Waals surface area contributed by atoms with Crippen molar-refractivity contribution in [3.63, 3.8) is 0 Å². The van der Waals surface area contributed by atoms with Crippen LogP contribution in [0.2, 0.25) is 0 Å². The zero-order valence-electron chi connectivity index (χ0n) is 12.4. The number of hydrogen-bond donors (Lipinski definition) is 3. The maximum atomic E-state index is 12.0. The largest absolute Gasteiger partial charge is 0.394 e. The van der Waals surface area contributed by atoms with Crippen molar-refractivity contribution in [3.8, 4) is 0 Å². The summed E-state index contributed by atoms with van der Waals surface area (Å²) in [6.45, 7) is 2.63. The zero-order valence-corrected chi connectivity index (χ0v) is 12.4. The fourth-order valence-corrected chi connectivity index (χ4v) is 2.58. The number of nitrogens with one attached hydrogen (secondary N) is 2. The van der Waals surface area contributed by atoms with Crippen LogP contribution in [0.3, 0.4) is 0 Å². The van der Waals surface area contributed by atoms with Gasteiger partial charge < -0.3 is 20.5 Å². The van der Waals surface area contributed by atoms with E-state index in [0.29, 0.717) is 6.42 Å². The maximum absolute atomic E-state index is 12.0. The minimum atomic E-state index is -0.288. The van der Waals surface area contributed by atoms with Gasteiger partial charge in [0, 0.05) is 6.61 Å². The van der Waals surface area contributed by atoms with Gasteiger partial charge in [0.15, 0.2) is 0 Å². The molecular formula is C16H24N2O3. The highest BCUT2D eigenvalue weighted by Gasteiger charge is 2.24. The Bertz CT molecular complexity index is 432. The molecule has 3 N–H and O–H groups in total. The lowest BCUT2D eigenvalue weighted by atomic mass is 10.1. The summed E-state index contributed by atoms with van der Waals surface area (Å²) in [6, 6.07) is 9.24. The number of ether oxygens (including phenoxy) is 1. The van der Waals surface area contributed by atoms with E-state index in [9.17, 15) is 9.90 Å². The Morgan fingerprint density at radius 2 is 2.14 bits per heavy atom. The van der Waals surface area contributed by atoms with Gasteiger partial charge in [-0.15, -0.1) is 0 Å². The Kier molecular flexibility index (Phi) is 6.02. The van der Waals surface area contributed by atoms with Crippen LogP contribution in [0.15, 0.2) is 30.3 Å². The van der Waals surface area contributed by atoms with Crippen LogP contribution in [0.5, 0.6) is 0 Å². The highest BCUT2D eigenvalue weighted by molar-refractivity contribution is 5.74. The number of carbonyl (C=O) groups excluding carboxylic acids is 1. The van der Waals surface area contributed by atoms with E-state index in [4.69, 9.17) is 4.74 Å². The van der Waals surface area contributed by atoms with Gasteiger partial charge in [-0.25, -0.2) is 4.79 Å². The summed E-state index contributed by atoms with van der Waals surface area (Å²) in [6.07, 6.45) is 2.73. The number of benzene rings is 1. The highest BCUT2D eigenvalue weighted by atomic mass is 16.5. The average molecular weight is 292 g/mol. The molecule has 1 fully saturated rings. The second-order valence-electron chi connectivity index (χ2n) is 5.53. The fourth-order valence-electron chi connectivity index (χ4n) is 2.58.